The minimum absolute atomic E-state index is 0.0255. The molecule has 224 valence electrons. The number of nitriles is 1. The predicted molar refractivity (Wildman–Crippen MR) is 158 cm³/mol. The molecule has 0 aliphatic carbocycles. The number of ether oxygens (including phenoxy) is 1. The fraction of sp³-hybridized carbons (Fsp3) is 0.750. The molecule has 0 spiro atoms. The largest absolute Gasteiger partial charge is 0.381 e. The van der Waals surface area contributed by atoms with Crippen molar-refractivity contribution in [3.8, 4) is 6.07 Å². The monoisotopic (exact) mass is 564 g/mol. The number of carbonyl (C=O) groups is 2. The number of likely N-dealkylation sites (tertiary alicyclic amines) is 2. The van der Waals surface area contributed by atoms with Crippen LogP contribution in [0.5, 0.6) is 0 Å². The van der Waals surface area contributed by atoms with Crippen LogP contribution in [-0.4, -0.2) is 106 Å². The highest BCUT2D eigenvalue weighted by molar-refractivity contribution is 5.96. The van der Waals surface area contributed by atoms with Crippen LogP contribution in [0.4, 0.5) is 4.79 Å². The summed E-state index contributed by atoms with van der Waals surface area (Å²) in [6, 6.07) is 5.02. The molecule has 1 atom stereocenters. The first kappa shape index (κ1) is 29.8. The van der Waals surface area contributed by atoms with Gasteiger partial charge in [-0.2, -0.15) is 5.26 Å². The first-order chi connectivity index (χ1) is 19.8. The van der Waals surface area contributed by atoms with Gasteiger partial charge in [-0.15, -0.1) is 0 Å². The summed E-state index contributed by atoms with van der Waals surface area (Å²) in [5.74, 6) is 0.0255. The second kappa shape index (κ2) is 12.7. The van der Waals surface area contributed by atoms with Crippen LogP contribution in [0.3, 0.4) is 0 Å². The second-order valence-corrected chi connectivity index (χ2v) is 12.9. The van der Waals surface area contributed by atoms with Gasteiger partial charge in [-0.3, -0.25) is 9.69 Å². The number of hydrogen-bond donors (Lipinski definition) is 0. The highest BCUT2D eigenvalue weighted by Crippen LogP contribution is 2.36. The van der Waals surface area contributed by atoms with Gasteiger partial charge in [0.2, 0.25) is 0 Å². The van der Waals surface area contributed by atoms with Crippen LogP contribution in [0.25, 0.3) is 0 Å². The zero-order valence-electron chi connectivity index (χ0n) is 25.5. The number of aryl methyl sites for hydroxylation is 2. The molecule has 1 aromatic heterocycles. The summed E-state index contributed by atoms with van der Waals surface area (Å²) in [6.45, 7) is 14.1. The van der Waals surface area contributed by atoms with E-state index in [1.54, 1.807) is 6.07 Å². The highest BCUT2D eigenvalue weighted by Gasteiger charge is 2.46. The van der Waals surface area contributed by atoms with Crippen LogP contribution in [-0.2, 0) is 4.74 Å². The van der Waals surface area contributed by atoms with Crippen molar-refractivity contribution in [2.75, 3.05) is 45.9 Å². The molecule has 0 aromatic carbocycles. The van der Waals surface area contributed by atoms with Crippen LogP contribution in [0.15, 0.2) is 6.07 Å². The number of nitrogens with zero attached hydrogens (tertiary/aromatic N) is 6. The number of rotatable bonds is 7. The highest BCUT2D eigenvalue weighted by atomic mass is 16.5. The number of hydrogen-bond acceptors (Lipinski definition) is 6. The molecule has 0 radical (unpaired) electrons. The Labute approximate surface area is 245 Å². The van der Waals surface area contributed by atoms with E-state index in [0.717, 1.165) is 103 Å². The van der Waals surface area contributed by atoms with Crippen LogP contribution < -0.4 is 0 Å². The fourth-order valence-electron chi connectivity index (χ4n) is 7.69. The molecule has 4 saturated heterocycles. The standard InChI is InChI=1S/C32H48N6O3/c1-5-6-7-28-22-37(26-10-18-41-19-11-26)31(40)38(28)27-8-14-36(15-9-27)32(4)12-16-35(17-13-32)30(39)29-23(2)20-25(21-33)34-24(29)3/h20,26-28H,5-19,22H2,1-4H3. The summed E-state index contributed by atoms with van der Waals surface area (Å²) in [7, 11) is 0. The molecule has 9 nitrogen and oxygen atoms in total. The van der Waals surface area contributed by atoms with Crippen molar-refractivity contribution in [3.63, 3.8) is 0 Å². The third-order valence-corrected chi connectivity index (χ3v) is 10.3. The average molecular weight is 565 g/mol. The molecular weight excluding hydrogens is 516 g/mol. The topological polar surface area (TPSA) is 93.0 Å². The summed E-state index contributed by atoms with van der Waals surface area (Å²) in [5, 5.41) is 9.21. The lowest BCUT2D eigenvalue weighted by Gasteiger charge is -2.50. The van der Waals surface area contributed by atoms with Gasteiger partial charge in [-0.1, -0.05) is 19.8 Å². The SMILES string of the molecule is CCCCC1CN(C2CCOCC2)C(=O)N1C1CCN(C2(C)CCN(C(=O)c3c(C)cc(C#N)nc3C)CC2)CC1. The van der Waals surface area contributed by atoms with Gasteiger partial charge < -0.3 is 19.4 Å². The van der Waals surface area contributed by atoms with Crippen molar-refractivity contribution in [3.05, 3.63) is 28.6 Å². The van der Waals surface area contributed by atoms with E-state index in [4.69, 9.17) is 4.74 Å². The zero-order chi connectivity index (χ0) is 29.1. The Morgan fingerprint density at radius 3 is 2.39 bits per heavy atom. The maximum Gasteiger partial charge on any atom is 0.320 e. The van der Waals surface area contributed by atoms with Gasteiger partial charge in [-0.05, 0) is 77.3 Å². The van der Waals surface area contributed by atoms with Crippen LogP contribution in [0.2, 0.25) is 0 Å². The Kier molecular flexibility index (Phi) is 9.20. The minimum atomic E-state index is 0.0255. The quantitative estimate of drug-likeness (QED) is 0.484. The van der Waals surface area contributed by atoms with E-state index in [-0.39, 0.29) is 17.5 Å². The van der Waals surface area contributed by atoms with Crippen molar-refractivity contribution in [1.82, 2.24) is 24.6 Å². The van der Waals surface area contributed by atoms with Gasteiger partial charge in [0.25, 0.3) is 5.91 Å². The van der Waals surface area contributed by atoms with Gasteiger partial charge >= 0.3 is 6.03 Å². The lowest BCUT2D eigenvalue weighted by Crippen LogP contribution is -2.58. The molecule has 4 fully saturated rings. The van der Waals surface area contributed by atoms with Crippen molar-refractivity contribution in [2.45, 2.75) is 109 Å². The second-order valence-electron chi connectivity index (χ2n) is 12.9. The van der Waals surface area contributed by atoms with Crippen molar-refractivity contribution < 1.29 is 14.3 Å². The van der Waals surface area contributed by atoms with Crippen molar-refractivity contribution in [1.29, 1.82) is 5.26 Å². The number of carbonyl (C=O) groups excluding carboxylic acids is 2. The minimum Gasteiger partial charge on any atom is -0.381 e. The van der Waals surface area contributed by atoms with E-state index in [0.29, 0.717) is 35.1 Å². The molecule has 4 aliphatic heterocycles. The maximum atomic E-state index is 13.8. The molecule has 9 heteroatoms. The molecule has 0 N–H and O–H groups in total. The summed E-state index contributed by atoms with van der Waals surface area (Å²) in [5.41, 5.74) is 2.50. The van der Waals surface area contributed by atoms with E-state index in [1.165, 1.54) is 6.42 Å². The molecule has 41 heavy (non-hydrogen) atoms. The summed E-state index contributed by atoms with van der Waals surface area (Å²) in [4.78, 5) is 40.6. The normalized spacial score (nSPS) is 24.6. The van der Waals surface area contributed by atoms with Crippen molar-refractivity contribution >= 4 is 11.9 Å². The van der Waals surface area contributed by atoms with E-state index in [9.17, 15) is 14.9 Å². The first-order valence-corrected chi connectivity index (χ1v) is 15.8. The molecule has 5 heterocycles. The van der Waals surface area contributed by atoms with Crippen LogP contribution in [0, 0.1) is 25.2 Å². The number of piperidine rings is 2. The molecule has 5 rings (SSSR count). The van der Waals surface area contributed by atoms with Crippen LogP contribution in [0.1, 0.15) is 98.9 Å². The predicted octanol–water partition coefficient (Wildman–Crippen LogP) is 4.50. The van der Waals surface area contributed by atoms with E-state index >= 15 is 0 Å². The average Bonchev–Trinajstić information content (AvgIpc) is 3.32. The molecule has 3 amide bonds. The lowest BCUT2D eigenvalue weighted by molar-refractivity contribution is 0.00448. The van der Waals surface area contributed by atoms with Crippen LogP contribution >= 0.6 is 0 Å². The van der Waals surface area contributed by atoms with E-state index in [1.807, 2.05) is 18.7 Å². The zero-order valence-corrected chi connectivity index (χ0v) is 25.5. The number of amides is 3. The molecule has 0 saturated carbocycles. The Morgan fingerprint density at radius 2 is 1.78 bits per heavy atom. The van der Waals surface area contributed by atoms with Gasteiger partial charge in [-0.25, -0.2) is 9.78 Å². The Bertz CT molecular complexity index is 1120. The third-order valence-electron chi connectivity index (χ3n) is 10.3. The molecule has 1 aromatic rings. The number of urea groups is 1. The summed E-state index contributed by atoms with van der Waals surface area (Å²) in [6.07, 6.45) is 9.24. The lowest BCUT2D eigenvalue weighted by atomic mass is 9.85. The molecular formula is C32H48N6O3. The molecule has 0 bridgehead atoms. The molecule has 1 unspecified atom stereocenters. The Balaban J connectivity index is 1.18. The molecule has 4 aliphatic rings. The van der Waals surface area contributed by atoms with Crippen molar-refractivity contribution in [2.24, 2.45) is 0 Å². The Morgan fingerprint density at radius 1 is 1.10 bits per heavy atom. The number of aromatic nitrogens is 1. The fourth-order valence-corrected chi connectivity index (χ4v) is 7.69. The van der Waals surface area contributed by atoms with E-state index in [2.05, 4.69) is 39.6 Å². The number of unbranched alkanes of at least 4 members (excludes halogenated alkanes) is 1. The van der Waals surface area contributed by atoms with Gasteiger partial charge in [0, 0.05) is 63.6 Å². The van der Waals surface area contributed by atoms with Gasteiger partial charge in [0.15, 0.2) is 0 Å². The Hall–Kier alpha value is -2.70. The van der Waals surface area contributed by atoms with Gasteiger partial charge in [0.1, 0.15) is 11.8 Å². The third kappa shape index (κ3) is 6.10. The summed E-state index contributed by atoms with van der Waals surface area (Å²) < 4.78 is 5.58. The smallest absolute Gasteiger partial charge is 0.320 e. The number of pyridine rings is 1. The summed E-state index contributed by atoms with van der Waals surface area (Å²) >= 11 is 0. The first-order valence-electron chi connectivity index (χ1n) is 15.8. The maximum absolute atomic E-state index is 13.8. The van der Waals surface area contributed by atoms with Gasteiger partial charge in [0.05, 0.1) is 17.3 Å². The van der Waals surface area contributed by atoms with E-state index < -0.39 is 0 Å².